The fraction of sp³-hybridized carbons (Fsp3) is 0.364. The third-order valence-electron chi connectivity index (χ3n) is 3.00. The summed E-state index contributed by atoms with van der Waals surface area (Å²) in [5.74, 6) is 0. The lowest BCUT2D eigenvalue weighted by Crippen LogP contribution is -1.99. The van der Waals surface area contributed by atoms with E-state index in [0.717, 1.165) is 33.2 Å². The first-order valence-electron chi connectivity index (χ1n) is 6.10. The van der Waals surface area contributed by atoms with Crippen molar-refractivity contribution < 1.29 is 0 Å². The van der Waals surface area contributed by atoms with Gasteiger partial charge in [0.05, 0.1) is 6.04 Å². The molecule has 6 nitrogen and oxygen atoms in total. The number of rotatable bonds is 3. The van der Waals surface area contributed by atoms with Crippen LogP contribution in [0.4, 0.5) is 0 Å². The van der Waals surface area contributed by atoms with Crippen LogP contribution in [-0.2, 0) is 0 Å². The highest BCUT2D eigenvalue weighted by Gasteiger charge is 2.28. The number of halogens is 1. The van der Waals surface area contributed by atoms with Gasteiger partial charge in [-0.05, 0) is 59.6 Å². The molecule has 20 heavy (non-hydrogen) atoms. The minimum atomic E-state index is 0.257. The van der Waals surface area contributed by atoms with E-state index in [9.17, 15) is 0 Å². The molecule has 3 aromatic rings. The molecule has 0 bridgehead atoms. The Balaban J connectivity index is 1.79. The normalized spacial score (nSPS) is 15.1. The molecule has 0 unspecified atom stereocenters. The van der Waals surface area contributed by atoms with E-state index in [1.54, 1.807) is 11.3 Å². The molecule has 0 saturated heterocycles. The van der Waals surface area contributed by atoms with Gasteiger partial charge in [-0.1, -0.05) is 0 Å². The highest BCUT2D eigenvalue weighted by Crippen LogP contribution is 2.39. The zero-order valence-electron chi connectivity index (χ0n) is 10.4. The third-order valence-corrected chi connectivity index (χ3v) is 5.07. The number of hydrogen-bond donors (Lipinski definition) is 0. The van der Waals surface area contributed by atoms with Crippen molar-refractivity contribution in [2.75, 3.05) is 0 Å². The van der Waals surface area contributed by atoms with E-state index >= 15 is 0 Å². The molecule has 1 aliphatic rings. The lowest BCUT2D eigenvalue weighted by atomic mass is 10.4. The van der Waals surface area contributed by atoms with Gasteiger partial charge in [-0.15, -0.1) is 16.4 Å². The second-order valence-electron chi connectivity index (χ2n) is 4.61. The first-order valence-corrected chi connectivity index (χ1v) is 8.11. The van der Waals surface area contributed by atoms with E-state index in [0.29, 0.717) is 6.04 Å². The largest absolute Gasteiger partial charge is 0.224 e. The molecule has 0 radical (unpaired) electrons. The lowest BCUT2D eigenvalue weighted by molar-refractivity contribution is 0.565. The molecule has 4 rings (SSSR count). The fourth-order valence-corrected chi connectivity index (χ4v) is 4.10. The molecule has 1 aliphatic carbocycles. The predicted molar refractivity (Wildman–Crippen MR) is 77.4 cm³/mol. The van der Waals surface area contributed by atoms with Gasteiger partial charge in [0.15, 0.2) is 0 Å². The van der Waals surface area contributed by atoms with Crippen molar-refractivity contribution >= 4 is 44.9 Å². The number of thiophene rings is 1. The van der Waals surface area contributed by atoms with E-state index in [1.807, 2.05) is 11.6 Å². The maximum atomic E-state index is 6.00. The van der Waals surface area contributed by atoms with Gasteiger partial charge in [-0.2, -0.15) is 0 Å². The summed E-state index contributed by atoms with van der Waals surface area (Å²) >= 11 is 9.05. The van der Waals surface area contributed by atoms with E-state index in [2.05, 4.69) is 31.6 Å². The minimum Gasteiger partial charge on any atom is -0.217 e. The standard InChI is InChI=1S/C11H9ClN6S2/c1-5-4-7-8(19-5)13-10(12)14-9(7)20-11-15-16-17-18(11)6-2-3-6/h4,6H,2-3H2,1H3. The predicted octanol–water partition coefficient (Wildman–Crippen LogP) is 3.13. The summed E-state index contributed by atoms with van der Waals surface area (Å²) in [4.78, 5) is 10.7. The number of tetrazole rings is 1. The summed E-state index contributed by atoms with van der Waals surface area (Å²) in [6, 6.07) is 2.51. The molecule has 0 N–H and O–H groups in total. The van der Waals surface area contributed by atoms with Gasteiger partial charge >= 0.3 is 0 Å². The molecular formula is C11H9ClN6S2. The Hall–Kier alpha value is -1.25. The zero-order chi connectivity index (χ0) is 13.7. The Morgan fingerprint density at radius 2 is 2.25 bits per heavy atom. The summed E-state index contributed by atoms with van der Waals surface area (Å²) < 4.78 is 1.87. The molecule has 3 heterocycles. The Morgan fingerprint density at radius 3 is 3.05 bits per heavy atom. The van der Waals surface area contributed by atoms with E-state index in [4.69, 9.17) is 11.6 Å². The van der Waals surface area contributed by atoms with Crippen LogP contribution in [0, 0.1) is 6.92 Å². The van der Waals surface area contributed by atoms with Gasteiger partial charge in [0.2, 0.25) is 10.4 Å². The number of aromatic nitrogens is 6. The van der Waals surface area contributed by atoms with Gasteiger partial charge < -0.3 is 0 Å². The van der Waals surface area contributed by atoms with Crippen LogP contribution in [0.1, 0.15) is 23.8 Å². The SMILES string of the molecule is Cc1cc2c(Sc3nnnn3C3CC3)nc(Cl)nc2s1. The summed E-state index contributed by atoms with van der Waals surface area (Å²) in [6.07, 6.45) is 2.27. The van der Waals surface area contributed by atoms with Gasteiger partial charge in [0, 0.05) is 10.3 Å². The molecule has 0 spiro atoms. The average molecular weight is 325 g/mol. The quantitative estimate of drug-likeness (QED) is 0.544. The molecule has 0 amide bonds. The molecule has 0 aliphatic heterocycles. The first kappa shape index (κ1) is 12.5. The highest BCUT2D eigenvalue weighted by atomic mass is 35.5. The number of fused-ring (bicyclic) bond motifs is 1. The number of nitrogens with zero attached hydrogens (tertiary/aromatic N) is 6. The Labute approximate surface area is 127 Å². The van der Waals surface area contributed by atoms with Crippen molar-refractivity contribution in [2.45, 2.75) is 36.0 Å². The zero-order valence-corrected chi connectivity index (χ0v) is 12.8. The van der Waals surface area contributed by atoms with Gasteiger partial charge in [-0.3, -0.25) is 0 Å². The maximum absolute atomic E-state index is 6.00. The van der Waals surface area contributed by atoms with Crippen molar-refractivity contribution in [1.82, 2.24) is 30.2 Å². The van der Waals surface area contributed by atoms with Crippen molar-refractivity contribution in [1.29, 1.82) is 0 Å². The van der Waals surface area contributed by atoms with E-state index < -0.39 is 0 Å². The van der Waals surface area contributed by atoms with E-state index in [-0.39, 0.29) is 5.28 Å². The van der Waals surface area contributed by atoms with Crippen molar-refractivity contribution in [2.24, 2.45) is 0 Å². The fourth-order valence-electron chi connectivity index (χ4n) is 1.96. The van der Waals surface area contributed by atoms with Gasteiger partial charge in [-0.25, -0.2) is 14.6 Å². The van der Waals surface area contributed by atoms with Crippen LogP contribution in [-0.4, -0.2) is 30.2 Å². The Kier molecular flexibility index (Phi) is 2.90. The molecule has 0 aromatic carbocycles. The van der Waals surface area contributed by atoms with Crippen LogP contribution in [0.2, 0.25) is 5.28 Å². The third kappa shape index (κ3) is 2.17. The van der Waals surface area contributed by atoms with Gasteiger partial charge in [0.25, 0.3) is 0 Å². The summed E-state index contributed by atoms with van der Waals surface area (Å²) in [5.41, 5.74) is 0. The first-order chi connectivity index (χ1) is 9.70. The lowest BCUT2D eigenvalue weighted by Gasteiger charge is -2.03. The summed E-state index contributed by atoms with van der Waals surface area (Å²) in [7, 11) is 0. The van der Waals surface area contributed by atoms with Crippen LogP contribution in [0.15, 0.2) is 16.2 Å². The second kappa shape index (κ2) is 4.64. The van der Waals surface area contributed by atoms with Crippen LogP contribution in [0.3, 0.4) is 0 Å². The molecule has 3 aromatic heterocycles. The summed E-state index contributed by atoms with van der Waals surface area (Å²) in [6.45, 7) is 2.04. The van der Waals surface area contributed by atoms with Gasteiger partial charge in [0.1, 0.15) is 9.86 Å². The van der Waals surface area contributed by atoms with Crippen molar-refractivity contribution in [3.63, 3.8) is 0 Å². The Bertz CT molecular complexity index is 793. The molecule has 9 heteroatoms. The second-order valence-corrected chi connectivity index (χ2v) is 7.14. The molecule has 0 atom stereocenters. The Morgan fingerprint density at radius 1 is 1.40 bits per heavy atom. The smallest absolute Gasteiger partial charge is 0.217 e. The van der Waals surface area contributed by atoms with Crippen LogP contribution < -0.4 is 0 Å². The average Bonchev–Trinajstić information content (AvgIpc) is 3.02. The minimum absolute atomic E-state index is 0.257. The van der Waals surface area contributed by atoms with Crippen molar-refractivity contribution in [3.8, 4) is 0 Å². The van der Waals surface area contributed by atoms with E-state index in [1.165, 1.54) is 16.6 Å². The monoisotopic (exact) mass is 324 g/mol. The molecular weight excluding hydrogens is 316 g/mol. The molecule has 102 valence electrons. The maximum Gasteiger partial charge on any atom is 0.224 e. The summed E-state index contributed by atoms with van der Waals surface area (Å²) in [5, 5.41) is 14.7. The van der Waals surface area contributed by atoms with Crippen LogP contribution >= 0.6 is 34.7 Å². The highest BCUT2D eigenvalue weighted by molar-refractivity contribution is 7.99. The molecule has 1 saturated carbocycles. The van der Waals surface area contributed by atoms with Crippen molar-refractivity contribution in [3.05, 3.63) is 16.2 Å². The van der Waals surface area contributed by atoms with Crippen LogP contribution in [0.5, 0.6) is 0 Å². The topological polar surface area (TPSA) is 69.4 Å². The molecule has 1 fully saturated rings. The number of hydrogen-bond acceptors (Lipinski definition) is 7. The number of aryl methyl sites for hydroxylation is 1. The van der Waals surface area contributed by atoms with Crippen LogP contribution in [0.25, 0.3) is 10.2 Å².